The molecule has 0 aromatic heterocycles. The predicted molar refractivity (Wildman–Crippen MR) is 116 cm³/mol. The van der Waals surface area contributed by atoms with Crippen LogP contribution < -0.4 is 5.32 Å². The lowest BCUT2D eigenvalue weighted by Crippen LogP contribution is -2.41. The van der Waals surface area contributed by atoms with Crippen LogP contribution in [0.5, 0.6) is 0 Å². The molecule has 30 heavy (non-hydrogen) atoms. The Morgan fingerprint density at radius 2 is 1.67 bits per heavy atom. The summed E-state index contributed by atoms with van der Waals surface area (Å²) in [6, 6.07) is 13.3. The van der Waals surface area contributed by atoms with E-state index in [2.05, 4.69) is 11.4 Å². The molecule has 2 aromatic carbocycles. The lowest BCUT2D eigenvalue weighted by Gasteiger charge is -2.26. The van der Waals surface area contributed by atoms with E-state index in [9.17, 15) is 13.2 Å². The standard InChI is InChI=1S/C23H28N2O4S/c26-23(20-10-9-18-5-1-2-6-19(18)15-20)24-16-21-7-3-4-8-22(21)17-30(27,28)25-11-13-29-14-12-25/h3-4,7-10,15H,1-2,5-6,11-14,16-17H2,(H,24,26). The van der Waals surface area contributed by atoms with E-state index in [1.165, 1.54) is 28.3 Å². The number of carbonyl (C=O) groups is 1. The Hall–Kier alpha value is -2.22. The van der Waals surface area contributed by atoms with E-state index in [1.807, 2.05) is 36.4 Å². The summed E-state index contributed by atoms with van der Waals surface area (Å²) in [7, 11) is -3.42. The number of ether oxygens (including phenoxy) is 1. The molecule has 2 aromatic rings. The Balaban J connectivity index is 1.43. The largest absolute Gasteiger partial charge is 0.379 e. The lowest BCUT2D eigenvalue weighted by atomic mass is 9.90. The summed E-state index contributed by atoms with van der Waals surface area (Å²) in [6.45, 7) is 1.93. The number of benzene rings is 2. The molecule has 160 valence electrons. The van der Waals surface area contributed by atoms with Crippen LogP contribution in [0.2, 0.25) is 0 Å². The summed E-state index contributed by atoms with van der Waals surface area (Å²) in [5.74, 6) is -0.202. The molecule has 6 nitrogen and oxygen atoms in total. The average molecular weight is 429 g/mol. The maximum atomic E-state index is 12.8. The van der Waals surface area contributed by atoms with Crippen LogP contribution in [0.3, 0.4) is 0 Å². The molecule has 2 aliphatic rings. The average Bonchev–Trinajstić information content (AvgIpc) is 2.78. The molecule has 7 heteroatoms. The second-order valence-corrected chi connectivity index (χ2v) is 9.88. The fourth-order valence-electron chi connectivity index (χ4n) is 4.14. The highest BCUT2D eigenvalue weighted by Crippen LogP contribution is 2.22. The lowest BCUT2D eigenvalue weighted by molar-refractivity contribution is 0.0729. The number of hydrogen-bond acceptors (Lipinski definition) is 4. The van der Waals surface area contributed by atoms with E-state index >= 15 is 0 Å². The van der Waals surface area contributed by atoms with E-state index < -0.39 is 10.0 Å². The number of hydrogen-bond donors (Lipinski definition) is 1. The van der Waals surface area contributed by atoms with Crippen LogP contribution in [0.15, 0.2) is 42.5 Å². The third-order valence-corrected chi connectivity index (χ3v) is 7.70. The summed E-state index contributed by atoms with van der Waals surface area (Å²) in [5, 5.41) is 2.96. The fraction of sp³-hybridized carbons (Fsp3) is 0.435. The molecular weight excluding hydrogens is 400 g/mol. The summed E-state index contributed by atoms with van der Waals surface area (Å²) < 4.78 is 32.3. The maximum absolute atomic E-state index is 12.8. The zero-order chi connectivity index (χ0) is 21.0. The molecule has 1 heterocycles. The quantitative estimate of drug-likeness (QED) is 0.768. The van der Waals surface area contributed by atoms with E-state index in [0.29, 0.717) is 38.4 Å². The molecule has 1 amide bonds. The van der Waals surface area contributed by atoms with Crippen LogP contribution in [0.1, 0.15) is 45.5 Å². The summed E-state index contributed by atoms with van der Waals surface area (Å²) in [6.07, 6.45) is 4.49. The number of carbonyl (C=O) groups excluding carboxylic acids is 1. The van der Waals surface area contributed by atoms with Gasteiger partial charge in [-0.2, -0.15) is 4.31 Å². The number of nitrogens with zero attached hydrogens (tertiary/aromatic N) is 1. The topological polar surface area (TPSA) is 75.7 Å². The van der Waals surface area contributed by atoms with Crippen LogP contribution in [0, 0.1) is 0 Å². The van der Waals surface area contributed by atoms with E-state index in [4.69, 9.17) is 4.74 Å². The molecule has 4 rings (SSSR count). The van der Waals surface area contributed by atoms with Gasteiger partial charge in [-0.3, -0.25) is 4.79 Å². The number of amides is 1. The van der Waals surface area contributed by atoms with Crippen molar-refractivity contribution in [2.45, 2.75) is 38.0 Å². The molecule has 1 fully saturated rings. The third-order valence-electron chi connectivity index (χ3n) is 5.87. The first-order chi connectivity index (χ1) is 14.5. The van der Waals surface area contributed by atoms with Crippen molar-refractivity contribution in [3.63, 3.8) is 0 Å². The van der Waals surface area contributed by atoms with E-state index in [1.54, 1.807) is 0 Å². The Bertz CT molecular complexity index is 1010. The van der Waals surface area contributed by atoms with Crippen molar-refractivity contribution < 1.29 is 17.9 Å². The van der Waals surface area contributed by atoms with Gasteiger partial charge in [0.05, 0.1) is 19.0 Å². The number of rotatable bonds is 6. The van der Waals surface area contributed by atoms with E-state index in [-0.39, 0.29) is 11.7 Å². The molecule has 0 unspecified atom stereocenters. The Morgan fingerprint density at radius 1 is 0.967 bits per heavy atom. The number of morpholine rings is 1. The zero-order valence-electron chi connectivity index (χ0n) is 17.1. The maximum Gasteiger partial charge on any atom is 0.251 e. The molecule has 1 aliphatic carbocycles. The molecule has 0 atom stereocenters. The van der Waals surface area contributed by atoms with Crippen LogP contribution in [0.25, 0.3) is 0 Å². The summed E-state index contributed by atoms with van der Waals surface area (Å²) in [5.41, 5.74) is 4.81. The molecule has 0 radical (unpaired) electrons. The van der Waals surface area contributed by atoms with Gasteiger partial charge in [0.2, 0.25) is 10.0 Å². The fourth-order valence-corrected chi connectivity index (χ4v) is 5.70. The highest BCUT2D eigenvalue weighted by Gasteiger charge is 2.25. The van der Waals surface area contributed by atoms with Crippen LogP contribution in [0.4, 0.5) is 0 Å². The number of nitrogens with one attached hydrogen (secondary N) is 1. The second-order valence-electron chi connectivity index (χ2n) is 7.91. The Labute approximate surface area is 178 Å². The van der Waals surface area contributed by atoms with Gasteiger partial charge in [0.1, 0.15) is 0 Å². The first-order valence-corrected chi connectivity index (χ1v) is 12.2. The van der Waals surface area contributed by atoms with Gasteiger partial charge in [0.15, 0.2) is 0 Å². The van der Waals surface area contributed by atoms with Crippen molar-refractivity contribution in [3.05, 3.63) is 70.3 Å². The van der Waals surface area contributed by atoms with Crippen molar-refractivity contribution in [1.82, 2.24) is 9.62 Å². The van der Waals surface area contributed by atoms with Gasteiger partial charge in [-0.25, -0.2) is 8.42 Å². The number of aryl methyl sites for hydroxylation is 2. The van der Waals surface area contributed by atoms with Gasteiger partial charge in [0.25, 0.3) is 5.91 Å². The first-order valence-electron chi connectivity index (χ1n) is 10.6. The molecule has 1 saturated heterocycles. The Morgan fingerprint density at radius 3 is 2.43 bits per heavy atom. The molecule has 1 N–H and O–H groups in total. The van der Waals surface area contributed by atoms with Gasteiger partial charge in [-0.1, -0.05) is 30.3 Å². The van der Waals surface area contributed by atoms with E-state index in [0.717, 1.165) is 24.0 Å². The minimum absolute atomic E-state index is 0.0715. The van der Waals surface area contributed by atoms with Gasteiger partial charge in [0, 0.05) is 25.2 Å². The van der Waals surface area contributed by atoms with Crippen molar-refractivity contribution in [2.75, 3.05) is 26.3 Å². The smallest absolute Gasteiger partial charge is 0.251 e. The highest BCUT2D eigenvalue weighted by molar-refractivity contribution is 7.88. The SMILES string of the molecule is O=C(NCc1ccccc1CS(=O)(=O)N1CCOCC1)c1ccc2c(c1)CCCC2. The van der Waals surface area contributed by atoms with Gasteiger partial charge < -0.3 is 10.1 Å². The summed E-state index contributed by atoms with van der Waals surface area (Å²) in [4.78, 5) is 12.7. The van der Waals surface area contributed by atoms with Gasteiger partial charge in [-0.05, 0) is 60.1 Å². The molecular formula is C23H28N2O4S. The van der Waals surface area contributed by atoms with Gasteiger partial charge >= 0.3 is 0 Å². The number of fused-ring (bicyclic) bond motifs is 1. The third kappa shape index (κ3) is 4.91. The zero-order valence-corrected chi connectivity index (χ0v) is 17.9. The van der Waals surface area contributed by atoms with Crippen molar-refractivity contribution in [3.8, 4) is 0 Å². The first kappa shape index (κ1) is 21.0. The van der Waals surface area contributed by atoms with Crippen molar-refractivity contribution in [1.29, 1.82) is 0 Å². The molecule has 0 spiro atoms. The monoisotopic (exact) mass is 428 g/mol. The highest BCUT2D eigenvalue weighted by atomic mass is 32.2. The van der Waals surface area contributed by atoms with Crippen LogP contribution in [-0.4, -0.2) is 44.9 Å². The van der Waals surface area contributed by atoms with Gasteiger partial charge in [-0.15, -0.1) is 0 Å². The van der Waals surface area contributed by atoms with Crippen molar-refractivity contribution >= 4 is 15.9 Å². The molecule has 0 saturated carbocycles. The predicted octanol–water partition coefficient (Wildman–Crippen LogP) is 2.66. The normalized spacial score (nSPS) is 17.3. The summed E-state index contributed by atoms with van der Waals surface area (Å²) >= 11 is 0. The molecule has 0 bridgehead atoms. The second kappa shape index (κ2) is 9.29. The van der Waals surface area contributed by atoms with Crippen LogP contribution >= 0.6 is 0 Å². The number of sulfonamides is 1. The Kier molecular flexibility index (Phi) is 6.51. The minimum atomic E-state index is -3.42. The molecule has 1 aliphatic heterocycles. The minimum Gasteiger partial charge on any atom is -0.379 e. The van der Waals surface area contributed by atoms with Crippen molar-refractivity contribution in [2.24, 2.45) is 0 Å². The van der Waals surface area contributed by atoms with Crippen LogP contribution in [-0.2, 0) is 39.9 Å².